The molecule has 0 aromatic rings. The third-order valence-corrected chi connectivity index (χ3v) is 8.08. The number of rotatable bonds is 4. The van der Waals surface area contributed by atoms with Gasteiger partial charge in [0.2, 0.25) is 0 Å². The molecular formula is C22H38F2O. The summed E-state index contributed by atoms with van der Waals surface area (Å²) >= 11 is 0. The van der Waals surface area contributed by atoms with Crippen LogP contribution in [0.4, 0.5) is 8.78 Å². The van der Waals surface area contributed by atoms with Gasteiger partial charge in [0.05, 0.1) is 6.10 Å². The van der Waals surface area contributed by atoms with Gasteiger partial charge in [-0.2, -0.15) is 0 Å². The second kappa shape index (κ2) is 8.67. The second-order valence-electron chi connectivity index (χ2n) is 9.43. The van der Waals surface area contributed by atoms with E-state index in [1.165, 1.54) is 38.5 Å². The van der Waals surface area contributed by atoms with E-state index in [1.807, 2.05) is 6.92 Å². The number of halogens is 2. The van der Waals surface area contributed by atoms with Crippen molar-refractivity contribution in [2.24, 2.45) is 35.5 Å². The number of hydrogen-bond donors (Lipinski definition) is 0. The van der Waals surface area contributed by atoms with Gasteiger partial charge in [-0.1, -0.05) is 19.8 Å². The average Bonchev–Trinajstić information content (AvgIpc) is 2.64. The van der Waals surface area contributed by atoms with E-state index in [0.29, 0.717) is 5.92 Å². The molecule has 0 N–H and O–H groups in total. The Morgan fingerprint density at radius 3 is 1.80 bits per heavy atom. The molecule has 0 amide bonds. The Labute approximate surface area is 153 Å². The Hall–Kier alpha value is -0.180. The lowest BCUT2D eigenvalue weighted by Gasteiger charge is -2.44. The molecule has 1 nitrogen and oxygen atoms in total. The van der Waals surface area contributed by atoms with Crippen LogP contribution in [0.1, 0.15) is 78.1 Å². The van der Waals surface area contributed by atoms with E-state index in [1.54, 1.807) is 7.11 Å². The number of hydrogen-bond acceptors (Lipinski definition) is 1. The predicted molar refractivity (Wildman–Crippen MR) is 99.0 cm³/mol. The molecule has 3 fully saturated rings. The molecule has 5 unspecified atom stereocenters. The molecule has 5 atom stereocenters. The molecule has 3 aliphatic rings. The van der Waals surface area contributed by atoms with E-state index in [0.717, 1.165) is 43.4 Å². The van der Waals surface area contributed by atoms with Crippen molar-refractivity contribution in [1.82, 2.24) is 0 Å². The zero-order valence-electron chi connectivity index (χ0n) is 16.4. The average molecular weight is 357 g/mol. The highest BCUT2D eigenvalue weighted by molar-refractivity contribution is 4.94. The molecule has 0 heterocycles. The Morgan fingerprint density at radius 2 is 1.24 bits per heavy atom. The molecule has 0 aromatic heterocycles. The molecule has 3 heteroatoms. The van der Waals surface area contributed by atoms with Crippen LogP contribution in [0.25, 0.3) is 0 Å². The van der Waals surface area contributed by atoms with Crippen LogP contribution < -0.4 is 0 Å². The Kier molecular flexibility index (Phi) is 6.79. The fourth-order valence-electron chi connectivity index (χ4n) is 6.14. The highest BCUT2D eigenvalue weighted by atomic mass is 19.2. The fourth-order valence-corrected chi connectivity index (χ4v) is 6.14. The quantitative estimate of drug-likeness (QED) is 0.570. The summed E-state index contributed by atoms with van der Waals surface area (Å²) in [5.74, 6) is 2.76. The maximum atomic E-state index is 14.8. The van der Waals surface area contributed by atoms with E-state index in [-0.39, 0.29) is 17.9 Å². The van der Waals surface area contributed by atoms with Crippen molar-refractivity contribution in [1.29, 1.82) is 0 Å². The van der Waals surface area contributed by atoms with Crippen molar-refractivity contribution < 1.29 is 13.5 Å². The molecule has 0 saturated heterocycles. The van der Waals surface area contributed by atoms with Gasteiger partial charge in [-0.25, -0.2) is 8.78 Å². The van der Waals surface area contributed by atoms with E-state index in [9.17, 15) is 8.78 Å². The van der Waals surface area contributed by atoms with Crippen LogP contribution in [0.2, 0.25) is 0 Å². The van der Waals surface area contributed by atoms with Crippen molar-refractivity contribution in [2.75, 3.05) is 7.11 Å². The van der Waals surface area contributed by atoms with Crippen LogP contribution in [0.3, 0.4) is 0 Å². The molecule has 3 saturated carbocycles. The van der Waals surface area contributed by atoms with E-state index < -0.39 is 12.3 Å². The molecule has 146 valence electrons. The van der Waals surface area contributed by atoms with Crippen LogP contribution in [-0.4, -0.2) is 25.6 Å². The zero-order valence-corrected chi connectivity index (χ0v) is 16.4. The highest BCUT2D eigenvalue weighted by Crippen LogP contribution is 2.47. The van der Waals surface area contributed by atoms with Crippen molar-refractivity contribution in [2.45, 2.75) is 96.5 Å². The minimum atomic E-state index is -1.34. The second-order valence-corrected chi connectivity index (χ2v) is 9.43. The van der Waals surface area contributed by atoms with Gasteiger partial charge in [0.15, 0.2) is 0 Å². The monoisotopic (exact) mass is 356 g/mol. The van der Waals surface area contributed by atoms with Gasteiger partial charge in [0.1, 0.15) is 12.3 Å². The molecule has 3 aliphatic carbocycles. The van der Waals surface area contributed by atoms with E-state index in [2.05, 4.69) is 6.92 Å². The van der Waals surface area contributed by atoms with Gasteiger partial charge in [-0.3, -0.25) is 0 Å². The molecule has 0 radical (unpaired) electrons. The van der Waals surface area contributed by atoms with Gasteiger partial charge in [-0.05, 0) is 87.9 Å². The largest absolute Gasteiger partial charge is 0.381 e. The Morgan fingerprint density at radius 1 is 0.720 bits per heavy atom. The SMILES string of the molecule is COC(C)C1CCC(C2CCC(C3CCC(C)CC3)CC2)C(F)C1F. The number of alkyl halides is 2. The Balaban J connectivity index is 1.49. The third-order valence-electron chi connectivity index (χ3n) is 8.08. The molecule has 0 aromatic carbocycles. The van der Waals surface area contributed by atoms with Crippen LogP contribution in [0.5, 0.6) is 0 Å². The first-order chi connectivity index (χ1) is 12.0. The van der Waals surface area contributed by atoms with Crippen LogP contribution in [-0.2, 0) is 4.74 Å². The maximum Gasteiger partial charge on any atom is 0.137 e. The third kappa shape index (κ3) is 4.39. The van der Waals surface area contributed by atoms with Crippen LogP contribution >= 0.6 is 0 Å². The molecule has 25 heavy (non-hydrogen) atoms. The highest BCUT2D eigenvalue weighted by Gasteiger charge is 2.46. The fraction of sp³-hybridized carbons (Fsp3) is 1.00. The van der Waals surface area contributed by atoms with Crippen molar-refractivity contribution in [3.8, 4) is 0 Å². The first kappa shape index (κ1) is 19.6. The summed E-state index contributed by atoms with van der Waals surface area (Å²) in [4.78, 5) is 0. The van der Waals surface area contributed by atoms with Gasteiger partial charge in [0.25, 0.3) is 0 Å². The first-order valence-electron chi connectivity index (χ1n) is 10.8. The predicted octanol–water partition coefficient (Wildman–Crippen LogP) is 6.36. The van der Waals surface area contributed by atoms with Gasteiger partial charge in [0, 0.05) is 13.0 Å². The molecular weight excluding hydrogens is 318 g/mol. The maximum absolute atomic E-state index is 14.8. The van der Waals surface area contributed by atoms with Crippen molar-refractivity contribution >= 4 is 0 Å². The summed E-state index contributed by atoms with van der Waals surface area (Å²) in [6.45, 7) is 4.25. The van der Waals surface area contributed by atoms with Crippen LogP contribution in [0, 0.1) is 35.5 Å². The van der Waals surface area contributed by atoms with Crippen molar-refractivity contribution in [3.05, 3.63) is 0 Å². The van der Waals surface area contributed by atoms with Crippen molar-refractivity contribution in [3.63, 3.8) is 0 Å². The Bertz CT molecular complexity index is 399. The number of ether oxygens (including phenoxy) is 1. The van der Waals surface area contributed by atoms with E-state index >= 15 is 0 Å². The van der Waals surface area contributed by atoms with Gasteiger partial charge in [-0.15, -0.1) is 0 Å². The smallest absolute Gasteiger partial charge is 0.137 e. The lowest BCUT2D eigenvalue weighted by molar-refractivity contribution is -0.0617. The van der Waals surface area contributed by atoms with Gasteiger partial charge < -0.3 is 4.74 Å². The minimum Gasteiger partial charge on any atom is -0.381 e. The van der Waals surface area contributed by atoms with Gasteiger partial charge >= 0.3 is 0 Å². The lowest BCUT2D eigenvalue weighted by atomic mass is 9.64. The first-order valence-corrected chi connectivity index (χ1v) is 10.8. The summed E-state index contributed by atoms with van der Waals surface area (Å²) in [5, 5.41) is 0. The topological polar surface area (TPSA) is 9.23 Å². The number of methoxy groups -OCH3 is 1. The normalized spacial score (nSPS) is 47.4. The molecule has 3 rings (SSSR count). The minimum absolute atomic E-state index is 0.0531. The van der Waals surface area contributed by atoms with Crippen LogP contribution in [0.15, 0.2) is 0 Å². The lowest BCUT2D eigenvalue weighted by Crippen LogP contribution is -2.45. The molecule has 0 bridgehead atoms. The summed E-state index contributed by atoms with van der Waals surface area (Å²) < 4.78 is 34.7. The summed E-state index contributed by atoms with van der Waals surface area (Å²) in [5.41, 5.74) is 0. The van der Waals surface area contributed by atoms with E-state index in [4.69, 9.17) is 4.74 Å². The molecule has 0 spiro atoms. The standard InChI is InChI=1S/C22H38F2O/c1-14-4-6-16(7-5-14)17-8-10-18(11-9-17)20-13-12-19(15(2)25-3)21(23)22(20)24/h14-22H,4-13H2,1-3H3. The molecule has 0 aliphatic heterocycles. The summed E-state index contributed by atoms with van der Waals surface area (Å²) in [6.07, 6.45) is 9.15. The zero-order chi connectivity index (χ0) is 18.0. The summed E-state index contributed by atoms with van der Waals surface area (Å²) in [6, 6.07) is 0. The summed E-state index contributed by atoms with van der Waals surface area (Å²) in [7, 11) is 1.60.